The highest BCUT2D eigenvalue weighted by Gasteiger charge is 2.22. The fourth-order valence-corrected chi connectivity index (χ4v) is 1.64. The number of aromatic nitrogens is 1. The van der Waals surface area contributed by atoms with Gasteiger partial charge in [0, 0.05) is 11.8 Å². The smallest absolute Gasteiger partial charge is 0.137 e. The van der Waals surface area contributed by atoms with E-state index in [1.165, 1.54) is 0 Å². The first-order valence-electron chi connectivity index (χ1n) is 5.91. The molecule has 0 bridgehead atoms. The zero-order chi connectivity index (χ0) is 12.0. The lowest BCUT2D eigenvalue weighted by atomic mass is 9.93. The quantitative estimate of drug-likeness (QED) is 0.806. The Labute approximate surface area is 97.5 Å². The van der Waals surface area contributed by atoms with E-state index in [1.807, 2.05) is 13.0 Å². The van der Waals surface area contributed by atoms with Crippen molar-refractivity contribution >= 4 is 0 Å². The molecule has 1 aromatic rings. The molecule has 3 nitrogen and oxygen atoms in total. The lowest BCUT2D eigenvalue weighted by molar-refractivity contribution is 0.0463. The molecule has 1 N–H and O–H groups in total. The number of pyridine rings is 1. The zero-order valence-corrected chi connectivity index (χ0v) is 10.4. The molecule has 0 saturated carbocycles. The van der Waals surface area contributed by atoms with Crippen LogP contribution in [-0.2, 0) is 5.60 Å². The van der Waals surface area contributed by atoms with Gasteiger partial charge < -0.3 is 9.84 Å². The molecule has 3 heteroatoms. The van der Waals surface area contributed by atoms with Gasteiger partial charge in [-0.3, -0.25) is 4.98 Å². The van der Waals surface area contributed by atoms with Crippen molar-refractivity contribution in [3.05, 3.63) is 24.0 Å². The molecule has 0 fully saturated rings. The Hall–Kier alpha value is -1.09. The van der Waals surface area contributed by atoms with Crippen molar-refractivity contribution in [1.82, 2.24) is 4.98 Å². The molecule has 0 amide bonds. The molecule has 16 heavy (non-hydrogen) atoms. The van der Waals surface area contributed by atoms with E-state index in [0.29, 0.717) is 6.61 Å². The lowest BCUT2D eigenvalue weighted by Crippen LogP contribution is -2.20. The van der Waals surface area contributed by atoms with Crippen LogP contribution in [0.4, 0.5) is 0 Å². The number of rotatable bonds is 6. The zero-order valence-electron chi connectivity index (χ0n) is 10.4. The third kappa shape index (κ3) is 3.49. The number of hydrogen-bond donors (Lipinski definition) is 1. The van der Waals surface area contributed by atoms with Gasteiger partial charge in [0.2, 0.25) is 0 Å². The van der Waals surface area contributed by atoms with Gasteiger partial charge in [-0.25, -0.2) is 0 Å². The number of ether oxygens (including phenoxy) is 1. The van der Waals surface area contributed by atoms with Crippen LogP contribution in [0.2, 0.25) is 0 Å². The number of hydrogen-bond acceptors (Lipinski definition) is 3. The highest BCUT2D eigenvalue weighted by atomic mass is 16.5. The largest absolute Gasteiger partial charge is 0.492 e. The van der Waals surface area contributed by atoms with Crippen LogP contribution in [0.1, 0.15) is 45.6 Å². The molecule has 0 radical (unpaired) electrons. The second kappa shape index (κ2) is 5.85. The van der Waals surface area contributed by atoms with Gasteiger partial charge >= 0.3 is 0 Å². The van der Waals surface area contributed by atoms with E-state index in [2.05, 4.69) is 18.8 Å². The van der Waals surface area contributed by atoms with Crippen molar-refractivity contribution in [2.75, 3.05) is 6.61 Å². The van der Waals surface area contributed by atoms with Gasteiger partial charge in [0.1, 0.15) is 5.75 Å². The van der Waals surface area contributed by atoms with E-state index in [1.54, 1.807) is 12.4 Å². The van der Waals surface area contributed by atoms with E-state index in [0.717, 1.165) is 30.6 Å². The van der Waals surface area contributed by atoms with Crippen LogP contribution in [-0.4, -0.2) is 16.7 Å². The standard InChI is InChI=1S/C13H21NO2/c1-4-6-13(3,15)11-8-12(10-14-9-11)16-7-5-2/h8-10,15H,4-7H2,1-3H3. The van der Waals surface area contributed by atoms with Crippen LogP contribution in [0.25, 0.3) is 0 Å². The van der Waals surface area contributed by atoms with Crippen molar-refractivity contribution in [2.45, 2.75) is 45.6 Å². The molecule has 0 spiro atoms. The van der Waals surface area contributed by atoms with E-state index >= 15 is 0 Å². The summed E-state index contributed by atoms with van der Waals surface area (Å²) in [6.07, 6.45) is 6.02. The van der Waals surface area contributed by atoms with Crippen LogP contribution < -0.4 is 4.74 Å². The summed E-state index contributed by atoms with van der Waals surface area (Å²) in [5.41, 5.74) is 0.0100. The molecule has 1 aromatic heterocycles. The minimum atomic E-state index is -0.812. The average molecular weight is 223 g/mol. The first kappa shape index (κ1) is 13.0. The third-order valence-electron chi connectivity index (χ3n) is 2.54. The van der Waals surface area contributed by atoms with Gasteiger partial charge in [-0.2, -0.15) is 0 Å². The molecular formula is C13H21NO2. The van der Waals surface area contributed by atoms with Crippen LogP contribution in [0.3, 0.4) is 0 Å². The molecule has 1 unspecified atom stereocenters. The lowest BCUT2D eigenvalue weighted by Gasteiger charge is -2.23. The maximum absolute atomic E-state index is 10.2. The van der Waals surface area contributed by atoms with Crippen molar-refractivity contribution in [1.29, 1.82) is 0 Å². The molecule has 0 aliphatic heterocycles. The molecule has 90 valence electrons. The van der Waals surface area contributed by atoms with Crippen LogP contribution in [0.15, 0.2) is 18.5 Å². The summed E-state index contributed by atoms with van der Waals surface area (Å²) in [4.78, 5) is 4.10. The maximum Gasteiger partial charge on any atom is 0.137 e. The third-order valence-corrected chi connectivity index (χ3v) is 2.54. The van der Waals surface area contributed by atoms with Gasteiger partial charge in [-0.05, 0) is 25.8 Å². The summed E-state index contributed by atoms with van der Waals surface area (Å²) in [6, 6.07) is 1.87. The Balaban J connectivity index is 2.80. The monoisotopic (exact) mass is 223 g/mol. The fraction of sp³-hybridized carbons (Fsp3) is 0.615. The second-order valence-corrected chi connectivity index (χ2v) is 4.28. The van der Waals surface area contributed by atoms with E-state index < -0.39 is 5.60 Å². The molecule has 0 saturated heterocycles. The van der Waals surface area contributed by atoms with Crippen molar-refractivity contribution in [3.8, 4) is 5.75 Å². The first-order valence-corrected chi connectivity index (χ1v) is 5.91. The van der Waals surface area contributed by atoms with Crippen LogP contribution >= 0.6 is 0 Å². The van der Waals surface area contributed by atoms with Crippen molar-refractivity contribution < 1.29 is 9.84 Å². The SMILES string of the molecule is CCCOc1cncc(C(C)(O)CCC)c1. The van der Waals surface area contributed by atoms with Crippen molar-refractivity contribution in [3.63, 3.8) is 0 Å². The van der Waals surface area contributed by atoms with Gasteiger partial charge in [-0.1, -0.05) is 20.3 Å². The molecule has 1 atom stereocenters. The van der Waals surface area contributed by atoms with Crippen LogP contribution in [0, 0.1) is 0 Å². The summed E-state index contributed by atoms with van der Waals surface area (Å²) in [6.45, 7) is 6.61. The Kier molecular flexibility index (Phi) is 4.74. The predicted octanol–water partition coefficient (Wildman–Crippen LogP) is 2.88. The summed E-state index contributed by atoms with van der Waals surface area (Å²) in [5.74, 6) is 0.732. The van der Waals surface area contributed by atoms with Gasteiger partial charge in [0.05, 0.1) is 18.4 Å². The number of nitrogens with zero attached hydrogens (tertiary/aromatic N) is 1. The Morgan fingerprint density at radius 3 is 2.69 bits per heavy atom. The Morgan fingerprint density at radius 1 is 1.31 bits per heavy atom. The first-order chi connectivity index (χ1) is 7.60. The maximum atomic E-state index is 10.2. The topological polar surface area (TPSA) is 42.4 Å². The second-order valence-electron chi connectivity index (χ2n) is 4.28. The van der Waals surface area contributed by atoms with E-state index in [4.69, 9.17) is 4.74 Å². The number of aliphatic hydroxyl groups is 1. The van der Waals surface area contributed by atoms with Crippen LogP contribution in [0.5, 0.6) is 5.75 Å². The minimum absolute atomic E-state index is 0.682. The summed E-state index contributed by atoms with van der Waals surface area (Å²) in [7, 11) is 0. The normalized spacial score (nSPS) is 14.5. The Bertz CT molecular complexity index is 323. The van der Waals surface area contributed by atoms with Gasteiger partial charge in [0.25, 0.3) is 0 Å². The molecular weight excluding hydrogens is 202 g/mol. The summed E-state index contributed by atoms with van der Waals surface area (Å²) >= 11 is 0. The Morgan fingerprint density at radius 2 is 2.06 bits per heavy atom. The summed E-state index contributed by atoms with van der Waals surface area (Å²) in [5, 5.41) is 10.2. The van der Waals surface area contributed by atoms with E-state index in [-0.39, 0.29) is 0 Å². The average Bonchev–Trinajstić information content (AvgIpc) is 2.27. The van der Waals surface area contributed by atoms with Gasteiger partial charge in [0.15, 0.2) is 0 Å². The molecule has 0 aliphatic carbocycles. The summed E-state index contributed by atoms with van der Waals surface area (Å²) < 4.78 is 5.50. The molecule has 1 rings (SSSR count). The molecule has 1 heterocycles. The predicted molar refractivity (Wildman–Crippen MR) is 64.5 cm³/mol. The highest BCUT2D eigenvalue weighted by Crippen LogP contribution is 2.27. The molecule has 0 aliphatic rings. The van der Waals surface area contributed by atoms with E-state index in [9.17, 15) is 5.11 Å². The van der Waals surface area contributed by atoms with Crippen molar-refractivity contribution in [2.24, 2.45) is 0 Å². The minimum Gasteiger partial charge on any atom is -0.492 e. The molecule has 0 aromatic carbocycles. The highest BCUT2D eigenvalue weighted by molar-refractivity contribution is 5.27. The fourth-order valence-electron chi connectivity index (χ4n) is 1.64. The van der Waals surface area contributed by atoms with Gasteiger partial charge in [-0.15, -0.1) is 0 Å².